The van der Waals surface area contributed by atoms with Gasteiger partial charge in [0.1, 0.15) is 11.9 Å². The minimum atomic E-state index is -0.413. The third kappa shape index (κ3) is 2.42. The fourth-order valence-corrected chi connectivity index (χ4v) is 2.48. The van der Waals surface area contributed by atoms with Gasteiger partial charge in [-0.15, -0.1) is 0 Å². The average Bonchev–Trinajstić information content (AvgIpc) is 2.48. The maximum Gasteiger partial charge on any atom is 0.295 e. The first-order valence-electron chi connectivity index (χ1n) is 6.65. The third-order valence-electron chi connectivity index (χ3n) is 3.49. The Hall–Kier alpha value is -2.21. The van der Waals surface area contributed by atoms with E-state index in [1.54, 1.807) is 18.3 Å². The molecule has 20 heavy (non-hydrogen) atoms. The molecule has 0 unspecified atom stereocenters. The highest BCUT2D eigenvalue weighted by atomic mass is 16.6. The van der Waals surface area contributed by atoms with Gasteiger partial charge in [0, 0.05) is 17.6 Å². The largest absolute Gasteiger partial charge is 0.490 e. The number of nitrogens with one attached hydrogen (secondary N) is 1. The van der Waals surface area contributed by atoms with Crippen LogP contribution in [0.15, 0.2) is 30.5 Å². The lowest BCUT2D eigenvalue weighted by molar-refractivity contribution is -0.383. The van der Waals surface area contributed by atoms with Gasteiger partial charge in [-0.3, -0.25) is 10.1 Å². The molecular formula is C14H15N3O3. The molecule has 1 aromatic carbocycles. The molecule has 0 bridgehead atoms. The number of para-hydroxylation sites is 1. The molecule has 6 heteroatoms. The van der Waals surface area contributed by atoms with Gasteiger partial charge in [0.2, 0.25) is 0 Å². The number of ether oxygens (including phenoxy) is 1. The number of nitrogens with zero attached hydrogens (tertiary/aromatic N) is 2. The van der Waals surface area contributed by atoms with Gasteiger partial charge in [-0.1, -0.05) is 6.07 Å². The molecule has 6 nitrogen and oxygen atoms in total. The standard InChI is InChI=1S/C14H15N3O3/c18-17(19)12-3-1-2-11-13(6-9-16-14(11)12)20-10-4-7-15-8-5-10/h1-3,6,9-10,15H,4-5,7-8H2. The Bertz CT molecular complexity index is 639. The van der Waals surface area contributed by atoms with Crippen LogP contribution in [-0.4, -0.2) is 29.1 Å². The van der Waals surface area contributed by atoms with E-state index >= 15 is 0 Å². The van der Waals surface area contributed by atoms with E-state index in [0.717, 1.165) is 25.9 Å². The number of nitro groups is 1. The van der Waals surface area contributed by atoms with E-state index < -0.39 is 4.92 Å². The zero-order valence-corrected chi connectivity index (χ0v) is 10.9. The molecule has 1 aromatic heterocycles. The van der Waals surface area contributed by atoms with Crippen LogP contribution in [0.3, 0.4) is 0 Å². The quantitative estimate of drug-likeness (QED) is 0.685. The zero-order chi connectivity index (χ0) is 13.9. The Morgan fingerprint density at radius 3 is 2.85 bits per heavy atom. The smallest absolute Gasteiger partial charge is 0.295 e. The second-order valence-electron chi connectivity index (χ2n) is 4.81. The minimum Gasteiger partial charge on any atom is -0.490 e. The van der Waals surface area contributed by atoms with Crippen LogP contribution in [0.5, 0.6) is 5.75 Å². The molecule has 0 saturated carbocycles. The Morgan fingerprint density at radius 1 is 1.30 bits per heavy atom. The third-order valence-corrected chi connectivity index (χ3v) is 3.49. The van der Waals surface area contributed by atoms with Gasteiger partial charge in [-0.05, 0) is 38.1 Å². The van der Waals surface area contributed by atoms with Gasteiger partial charge < -0.3 is 10.1 Å². The van der Waals surface area contributed by atoms with Gasteiger partial charge >= 0.3 is 0 Å². The van der Waals surface area contributed by atoms with E-state index in [0.29, 0.717) is 16.7 Å². The van der Waals surface area contributed by atoms with Crippen LogP contribution in [0, 0.1) is 10.1 Å². The molecule has 0 spiro atoms. The molecule has 0 aliphatic carbocycles. The van der Waals surface area contributed by atoms with E-state index in [4.69, 9.17) is 4.74 Å². The molecular weight excluding hydrogens is 258 g/mol. The zero-order valence-electron chi connectivity index (χ0n) is 10.9. The normalized spacial score (nSPS) is 16.2. The van der Waals surface area contributed by atoms with Crippen molar-refractivity contribution >= 4 is 16.6 Å². The van der Waals surface area contributed by atoms with Crippen molar-refractivity contribution in [2.75, 3.05) is 13.1 Å². The molecule has 2 aromatic rings. The summed E-state index contributed by atoms with van der Waals surface area (Å²) in [5.74, 6) is 0.672. The van der Waals surface area contributed by atoms with Crippen molar-refractivity contribution < 1.29 is 9.66 Å². The second kappa shape index (κ2) is 5.42. The van der Waals surface area contributed by atoms with Gasteiger partial charge in [-0.25, -0.2) is 4.98 Å². The summed E-state index contributed by atoms with van der Waals surface area (Å²) in [5, 5.41) is 15.0. The van der Waals surface area contributed by atoms with Crippen molar-refractivity contribution in [2.24, 2.45) is 0 Å². The summed E-state index contributed by atoms with van der Waals surface area (Å²) >= 11 is 0. The van der Waals surface area contributed by atoms with Crippen molar-refractivity contribution in [3.05, 3.63) is 40.6 Å². The van der Waals surface area contributed by atoms with Crippen molar-refractivity contribution in [3.63, 3.8) is 0 Å². The van der Waals surface area contributed by atoms with Crippen LogP contribution in [-0.2, 0) is 0 Å². The number of pyridine rings is 1. The number of rotatable bonds is 3. The molecule has 1 saturated heterocycles. The van der Waals surface area contributed by atoms with Crippen LogP contribution in [0.4, 0.5) is 5.69 Å². The number of benzene rings is 1. The molecule has 104 valence electrons. The Morgan fingerprint density at radius 2 is 2.10 bits per heavy atom. The fraction of sp³-hybridized carbons (Fsp3) is 0.357. The molecule has 0 amide bonds. The second-order valence-corrected chi connectivity index (χ2v) is 4.81. The van der Waals surface area contributed by atoms with Crippen LogP contribution < -0.4 is 10.1 Å². The summed E-state index contributed by atoms with van der Waals surface area (Å²) in [6.45, 7) is 1.88. The van der Waals surface area contributed by atoms with Crippen molar-refractivity contribution in [1.82, 2.24) is 10.3 Å². The van der Waals surface area contributed by atoms with Gasteiger partial charge in [-0.2, -0.15) is 0 Å². The monoisotopic (exact) mass is 273 g/mol. The number of fused-ring (bicyclic) bond motifs is 1. The minimum absolute atomic E-state index is 0.0123. The van der Waals surface area contributed by atoms with E-state index in [1.165, 1.54) is 6.07 Å². The van der Waals surface area contributed by atoms with E-state index in [2.05, 4.69) is 10.3 Å². The Balaban J connectivity index is 1.98. The first-order valence-corrected chi connectivity index (χ1v) is 6.65. The SMILES string of the molecule is O=[N+]([O-])c1cccc2c(OC3CCNCC3)ccnc12. The number of hydrogen-bond acceptors (Lipinski definition) is 5. The maximum absolute atomic E-state index is 11.0. The molecule has 2 heterocycles. The summed E-state index contributed by atoms with van der Waals surface area (Å²) in [6.07, 6.45) is 3.60. The topological polar surface area (TPSA) is 77.3 Å². The predicted octanol–water partition coefficient (Wildman–Crippen LogP) is 2.27. The molecule has 1 fully saturated rings. The highest BCUT2D eigenvalue weighted by molar-refractivity contribution is 5.91. The highest BCUT2D eigenvalue weighted by Crippen LogP contribution is 2.31. The van der Waals surface area contributed by atoms with Crippen LogP contribution in [0.25, 0.3) is 10.9 Å². The molecule has 1 aliphatic rings. The Labute approximate surface area is 115 Å². The number of non-ortho nitro benzene ring substituents is 1. The summed E-state index contributed by atoms with van der Waals surface area (Å²) in [6, 6.07) is 6.71. The Kier molecular flexibility index (Phi) is 3.47. The summed E-state index contributed by atoms with van der Waals surface area (Å²) in [4.78, 5) is 14.7. The number of nitro benzene ring substituents is 1. The van der Waals surface area contributed by atoms with E-state index in [-0.39, 0.29) is 11.8 Å². The van der Waals surface area contributed by atoms with Crippen molar-refractivity contribution in [2.45, 2.75) is 18.9 Å². The predicted molar refractivity (Wildman–Crippen MR) is 74.9 cm³/mol. The van der Waals surface area contributed by atoms with Crippen LogP contribution >= 0.6 is 0 Å². The molecule has 1 aliphatic heterocycles. The first-order chi connectivity index (χ1) is 9.75. The average molecular weight is 273 g/mol. The highest BCUT2D eigenvalue weighted by Gasteiger charge is 2.18. The first kappa shape index (κ1) is 12.8. The summed E-state index contributed by atoms with van der Waals surface area (Å²) in [5.41, 5.74) is 0.391. The summed E-state index contributed by atoms with van der Waals surface area (Å²) in [7, 11) is 0. The fourth-order valence-electron chi connectivity index (χ4n) is 2.48. The number of piperidine rings is 1. The van der Waals surface area contributed by atoms with E-state index in [1.807, 2.05) is 6.07 Å². The van der Waals surface area contributed by atoms with Crippen LogP contribution in [0.1, 0.15) is 12.8 Å². The van der Waals surface area contributed by atoms with Gasteiger partial charge in [0.25, 0.3) is 5.69 Å². The van der Waals surface area contributed by atoms with Gasteiger partial charge in [0.15, 0.2) is 5.52 Å². The lowest BCUT2D eigenvalue weighted by Gasteiger charge is -2.24. The van der Waals surface area contributed by atoms with Crippen molar-refractivity contribution in [1.29, 1.82) is 0 Å². The number of aromatic nitrogens is 1. The van der Waals surface area contributed by atoms with Crippen LogP contribution in [0.2, 0.25) is 0 Å². The molecule has 1 N–H and O–H groups in total. The number of hydrogen-bond donors (Lipinski definition) is 1. The van der Waals surface area contributed by atoms with Gasteiger partial charge in [0.05, 0.1) is 4.92 Å². The molecule has 3 rings (SSSR count). The lowest BCUT2D eigenvalue weighted by atomic mass is 10.1. The van der Waals surface area contributed by atoms with E-state index in [9.17, 15) is 10.1 Å². The molecule has 0 radical (unpaired) electrons. The lowest BCUT2D eigenvalue weighted by Crippen LogP contribution is -2.34. The summed E-state index contributed by atoms with van der Waals surface area (Å²) < 4.78 is 6.00. The molecule has 0 atom stereocenters. The van der Waals surface area contributed by atoms with Crippen molar-refractivity contribution in [3.8, 4) is 5.75 Å². The maximum atomic E-state index is 11.0.